The highest BCUT2D eigenvalue weighted by Crippen LogP contribution is 2.17. The van der Waals surface area contributed by atoms with Crippen molar-refractivity contribution in [2.24, 2.45) is 0 Å². The second-order valence-corrected chi connectivity index (χ2v) is 3.65. The number of ether oxygens (including phenoxy) is 1. The van der Waals surface area contributed by atoms with E-state index in [1.807, 2.05) is 0 Å². The van der Waals surface area contributed by atoms with E-state index in [1.165, 1.54) is 38.3 Å². The van der Waals surface area contributed by atoms with Crippen LogP contribution < -0.4 is 5.32 Å². The molecule has 5 heteroatoms. The van der Waals surface area contributed by atoms with Crippen molar-refractivity contribution in [2.75, 3.05) is 7.11 Å². The molecule has 0 aliphatic heterocycles. The van der Waals surface area contributed by atoms with Gasteiger partial charge in [0, 0.05) is 6.42 Å². The van der Waals surface area contributed by atoms with E-state index in [4.69, 9.17) is 0 Å². The molecule has 0 aliphatic carbocycles. The molecule has 0 saturated carbocycles. The minimum absolute atomic E-state index is 0.0734. The fraction of sp³-hybridized carbons (Fsp3) is 0.333. The summed E-state index contributed by atoms with van der Waals surface area (Å²) in [4.78, 5) is 22.2. The lowest BCUT2D eigenvalue weighted by molar-refractivity contribution is -0.117. The van der Waals surface area contributed by atoms with Crippen LogP contribution in [0.3, 0.4) is 0 Å². The molecule has 0 radical (unpaired) electrons. The molecule has 0 saturated heterocycles. The number of benzene rings is 1. The van der Waals surface area contributed by atoms with Gasteiger partial charge >= 0.3 is 6.09 Å². The van der Waals surface area contributed by atoms with Crippen LogP contribution in [0.1, 0.15) is 24.9 Å². The van der Waals surface area contributed by atoms with Gasteiger partial charge in [-0.25, -0.2) is 9.18 Å². The molecule has 1 amide bonds. The lowest BCUT2D eigenvalue weighted by Gasteiger charge is -2.17. The average Bonchev–Trinajstić information content (AvgIpc) is 2.28. The molecule has 1 aromatic carbocycles. The zero-order valence-corrected chi connectivity index (χ0v) is 9.70. The largest absolute Gasteiger partial charge is 0.453 e. The second-order valence-electron chi connectivity index (χ2n) is 3.65. The van der Waals surface area contributed by atoms with Gasteiger partial charge in [-0.15, -0.1) is 0 Å². The molecular weight excluding hydrogens is 225 g/mol. The first-order valence-electron chi connectivity index (χ1n) is 5.12. The van der Waals surface area contributed by atoms with Gasteiger partial charge in [0.25, 0.3) is 0 Å². The van der Waals surface area contributed by atoms with Gasteiger partial charge < -0.3 is 10.1 Å². The number of hydrogen-bond acceptors (Lipinski definition) is 3. The number of ketones is 1. The second kappa shape index (κ2) is 5.98. The SMILES string of the molecule is COC(=O)NC(CC(C)=O)c1ccc(F)cc1. The van der Waals surface area contributed by atoms with Crippen molar-refractivity contribution in [3.8, 4) is 0 Å². The molecule has 0 fully saturated rings. The van der Waals surface area contributed by atoms with Crippen LogP contribution in [-0.4, -0.2) is 19.0 Å². The zero-order chi connectivity index (χ0) is 12.8. The number of carbonyl (C=O) groups is 2. The standard InChI is InChI=1S/C12H14FNO3/c1-8(15)7-11(14-12(16)17-2)9-3-5-10(13)6-4-9/h3-6,11H,7H2,1-2H3,(H,14,16). The van der Waals surface area contributed by atoms with E-state index in [0.29, 0.717) is 5.56 Å². The van der Waals surface area contributed by atoms with E-state index in [-0.39, 0.29) is 18.0 Å². The van der Waals surface area contributed by atoms with Crippen molar-refractivity contribution >= 4 is 11.9 Å². The topological polar surface area (TPSA) is 55.4 Å². The fourth-order valence-corrected chi connectivity index (χ4v) is 1.44. The first kappa shape index (κ1) is 13.2. The molecule has 0 heterocycles. The Balaban J connectivity index is 2.85. The number of Topliss-reactive ketones (excluding diaryl/α,β-unsaturated/α-hetero) is 1. The number of halogens is 1. The molecule has 1 aromatic rings. The van der Waals surface area contributed by atoms with Crippen molar-refractivity contribution in [3.63, 3.8) is 0 Å². The highest BCUT2D eigenvalue weighted by Gasteiger charge is 2.16. The Kier molecular flexibility index (Phi) is 4.63. The first-order chi connectivity index (χ1) is 8.02. The van der Waals surface area contributed by atoms with E-state index >= 15 is 0 Å². The summed E-state index contributed by atoms with van der Waals surface area (Å²) in [7, 11) is 1.24. The minimum Gasteiger partial charge on any atom is -0.453 e. The summed E-state index contributed by atoms with van der Waals surface area (Å²) >= 11 is 0. The van der Waals surface area contributed by atoms with Crippen molar-refractivity contribution in [3.05, 3.63) is 35.6 Å². The number of methoxy groups -OCH3 is 1. The van der Waals surface area contributed by atoms with Gasteiger partial charge in [-0.3, -0.25) is 4.79 Å². The maximum Gasteiger partial charge on any atom is 0.407 e. The summed E-state index contributed by atoms with van der Waals surface area (Å²) in [6.07, 6.45) is -0.485. The predicted molar refractivity (Wildman–Crippen MR) is 60.0 cm³/mol. The summed E-state index contributed by atoms with van der Waals surface area (Å²) in [5, 5.41) is 2.53. The number of hydrogen-bond donors (Lipinski definition) is 1. The molecule has 0 aromatic heterocycles. The highest BCUT2D eigenvalue weighted by molar-refractivity contribution is 5.77. The Bertz CT molecular complexity index is 403. The van der Waals surface area contributed by atoms with Gasteiger partial charge in [-0.2, -0.15) is 0 Å². The van der Waals surface area contributed by atoms with Crippen LogP contribution in [-0.2, 0) is 9.53 Å². The van der Waals surface area contributed by atoms with Crippen LogP contribution in [0.5, 0.6) is 0 Å². The number of rotatable bonds is 4. The van der Waals surface area contributed by atoms with Crippen LogP contribution >= 0.6 is 0 Å². The highest BCUT2D eigenvalue weighted by atomic mass is 19.1. The molecule has 1 N–H and O–H groups in total. The summed E-state index contributed by atoms with van der Waals surface area (Å²) in [5.41, 5.74) is 0.659. The Morgan fingerprint density at radius 1 is 1.35 bits per heavy atom. The maximum atomic E-state index is 12.8. The predicted octanol–water partition coefficient (Wildman–Crippen LogP) is 2.20. The molecule has 4 nitrogen and oxygen atoms in total. The van der Waals surface area contributed by atoms with E-state index in [0.717, 1.165) is 0 Å². The van der Waals surface area contributed by atoms with Gasteiger partial charge in [-0.05, 0) is 24.6 Å². The molecule has 17 heavy (non-hydrogen) atoms. The Labute approximate surface area is 98.8 Å². The van der Waals surface area contributed by atoms with Crippen LogP contribution in [0, 0.1) is 5.82 Å². The van der Waals surface area contributed by atoms with Crippen molar-refractivity contribution in [1.82, 2.24) is 5.32 Å². The summed E-state index contributed by atoms with van der Waals surface area (Å²) in [6, 6.07) is 5.11. The fourth-order valence-electron chi connectivity index (χ4n) is 1.44. The van der Waals surface area contributed by atoms with E-state index in [1.54, 1.807) is 0 Å². The third-order valence-corrected chi connectivity index (χ3v) is 2.24. The van der Waals surface area contributed by atoms with Crippen molar-refractivity contribution < 1.29 is 18.7 Å². The van der Waals surface area contributed by atoms with Gasteiger partial charge in [0.15, 0.2) is 0 Å². The third kappa shape index (κ3) is 4.22. The average molecular weight is 239 g/mol. The monoisotopic (exact) mass is 239 g/mol. The van der Waals surface area contributed by atoms with Crippen molar-refractivity contribution in [1.29, 1.82) is 0 Å². The summed E-state index contributed by atoms with van der Waals surface area (Å²) < 4.78 is 17.2. The first-order valence-corrected chi connectivity index (χ1v) is 5.12. The van der Waals surface area contributed by atoms with Gasteiger partial charge in [-0.1, -0.05) is 12.1 Å². The minimum atomic E-state index is -0.624. The molecule has 0 aliphatic rings. The molecule has 92 valence electrons. The van der Waals surface area contributed by atoms with Crippen molar-refractivity contribution in [2.45, 2.75) is 19.4 Å². The number of alkyl carbamates (subject to hydrolysis) is 1. The smallest absolute Gasteiger partial charge is 0.407 e. The Hall–Kier alpha value is -1.91. The lowest BCUT2D eigenvalue weighted by atomic mass is 10.0. The zero-order valence-electron chi connectivity index (χ0n) is 9.70. The number of amides is 1. The number of carbonyl (C=O) groups excluding carboxylic acids is 2. The van der Waals surface area contributed by atoms with Gasteiger partial charge in [0.05, 0.1) is 13.2 Å². The summed E-state index contributed by atoms with van der Waals surface area (Å²) in [6.45, 7) is 1.43. The summed E-state index contributed by atoms with van der Waals surface area (Å²) in [5.74, 6) is -0.441. The van der Waals surface area contributed by atoms with Crippen LogP contribution in [0.4, 0.5) is 9.18 Å². The third-order valence-electron chi connectivity index (χ3n) is 2.24. The maximum absolute atomic E-state index is 12.8. The normalized spacial score (nSPS) is 11.7. The van der Waals surface area contributed by atoms with Gasteiger partial charge in [0.2, 0.25) is 0 Å². The molecule has 0 bridgehead atoms. The quantitative estimate of drug-likeness (QED) is 0.876. The lowest BCUT2D eigenvalue weighted by Crippen LogP contribution is -2.29. The molecule has 1 unspecified atom stereocenters. The van der Waals surface area contributed by atoms with Crippen LogP contribution in [0.25, 0.3) is 0 Å². The van der Waals surface area contributed by atoms with E-state index in [9.17, 15) is 14.0 Å². The van der Waals surface area contributed by atoms with E-state index in [2.05, 4.69) is 10.1 Å². The molecule has 0 spiro atoms. The van der Waals surface area contributed by atoms with Crippen LogP contribution in [0.2, 0.25) is 0 Å². The molecule has 1 atom stereocenters. The molecular formula is C12H14FNO3. The molecule has 1 rings (SSSR count). The Morgan fingerprint density at radius 2 is 1.94 bits per heavy atom. The van der Waals surface area contributed by atoms with Crippen LogP contribution in [0.15, 0.2) is 24.3 Å². The van der Waals surface area contributed by atoms with E-state index < -0.39 is 12.1 Å². The number of nitrogens with one attached hydrogen (secondary N) is 1. The van der Waals surface area contributed by atoms with Gasteiger partial charge in [0.1, 0.15) is 11.6 Å². The Morgan fingerprint density at radius 3 is 2.41 bits per heavy atom.